The number of rotatable bonds is 13. The first-order valence-electron chi connectivity index (χ1n) is 8.29. The van der Waals surface area contributed by atoms with Crippen molar-refractivity contribution in [2.45, 2.75) is 70.9 Å². The molecule has 0 heterocycles. The fraction of sp³-hybridized carbons (Fsp3) is 0.812. The molecule has 0 aromatic rings. The number of hydrogen-bond acceptors (Lipinski definition) is 5. The van der Waals surface area contributed by atoms with Crippen LogP contribution in [0.1, 0.15) is 58.8 Å². The van der Waals surface area contributed by atoms with E-state index in [-0.39, 0.29) is 18.9 Å². The van der Waals surface area contributed by atoms with Gasteiger partial charge in [-0.25, -0.2) is 0 Å². The molecule has 7 heteroatoms. The highest BCUT2D eigenvalue weighted by Crippen LogP contribution is 2.05. The van der Waals surface area contributed by atoms with E-state index >= 15 is 0 Å². The van der Waals surface area contributed by atoms with Crippen LogP contribution in [0.5, 0.6) is 0 Å². The predicted octanol–water partition coefficient (Wildman–Crippen LogP) is 0.858. The summed E-state index contributed by atoms with van der Waals surface area (Å²) in [5, 5.41) is 5.73. The summed E-state index contributed by atoms with van der Waals surface area (Å²) in [5.74, 6) is -0.990. The van der Waals surface area contributed by atoms with Gasteiger partial charge in [0.2, 0.25) is 11.8 Å². The molecule has 1 unspecified atom stereocenters. The number of esters is 1. The van der Waals surface area contributed by atoms with Gasteiger partial charge in [-0.05, 0) is 13.3 Å². The maximum atomic E-state index is 11.9. The van der Waals surface area contributed by atoms with Gasteiger partial charge in [-0.1, -0.05) is 32.6 Å². The van der Waals surface area contributed by atoms with Crippen LogP contribution in [0.3, 0.4) is 0 Å². The number of hydrogen-bond donors (Lipinski definition) is 3. The van der Waals surface area contributed by atoms with Crippen LogP contribution in [-0.2, 0) is 19.1 Å². The summed E-state index contributed by atoms with van der Waals surface area (Å²) in [6, 6.07) is -0.941. The van der Waals surface area contributed by atoms with Crippen molar-refractivity contribution in [1.29, 1.82) is 0 Å². The summed E-state index contributed by atoms with van der Waals surface area (Å²) >= 11 is 0. The molecule has 0 radical (unpaired) electrons. The minimum absolute atomic E-state index is 0.0302. The van der Waals surface area contributed by atoms with E-state index in [9.17, 15) is 14.4 Å². The van der Waals surface area contributed by atoms with E-state index in [1.165, 1.54) is 13.5 Å². The lowest BCUT2D eigenvalue weighted by Crippen LogP contribution is -2.47. The number of ether oxygens (including phenoxy) is 1. The maximum absolute atomic E-state index is 11.9. The molecule has 0 rings (SSSR count). The molecule has 0 saturated heterocycles. The number of unbranched alkanes of at least 4 members (excludes halogenated alkanes) is 4. The molecule has 2 atom stereocenters. The molecule has 0 saturated carbocycles. The van der Waals surface area contributed by atoms with Gasteiger partial charge in [-0.2, -0.15) is 0 Å². The molecule has 0 spiro atoms. The third-order valence-electron chi connectivity index (χ3n) is 3.55. The van der Waals surface area contributed by atoms with Crippen molar-refractivity contribution in [3.63, 3.8) is 0 Å². The molecule has 134 valence electrons. The third kappa shape index (κ3) is 11.6. The SMILES string of the molecule is CCCCCCCC(=O)NC(CN[C@@H](C)C(=O)OC)CC(N)=O. The van der Waals surface area contributed by atoms with Crippen LogP contribution in [0.15, 0.2) is 0 Å². The summed E-state index contributed by atoms with van der Waals surface area (Å²) < 4.78 is 4.61. The molecule has 23 heavy (non-hydrogen) atoms. The van der Waals surface area contributed by atoms with Gasteiger partial charge in [0.15, 0.2) is 0 Å². The second-order valence-corrected chi connectivity index (χ2v) is 5.75. The van der Waals surface area contributed by atoms with Crippen molar-refractivity contribution >= 4 is 17.8 Å². The van der Waals surface area contributed by atoms with Gasteiger partial charge < -0.3 is 21.1 Å². The first-order valence-corrected chi connectivity index (χ1v) is 8.29. The van der Waals surface area contributed by atoms with E-state index in [1.807, 2.05) is 0 Å². The lowest BCUT2D eigenvalue weighted by atomic mass is 10.1. The maximum Gasteiger partial charge on any atom is 0.322 e. The summed E-state index contributed by atoms with van der Waals surface area (Å²) in [7, 11) is 1.31. The van der Waals surface area contributed by atoms with E-state index in [0.717, 1.165) is 25.7 Å². The van der Waals surface area contributed by atoms with Crippen LogP contribution < -0.4 is 16.4 Å². The fourth-order valence-electron chi connectivity index (χ4n) is 2.19. The molecular formula is C16H31N3O4. The number of nitrogens with one attached hydrogen (secondary N) is 2. The third-order valence-corrected chi connectivity index (χ3v) is 3.55. The topological polar surface area (TPSA) is 111 Å². The lowest BCUT2D eigenvalue weighted by Gasteiger charge is -2.20. The summed E-state index contributed by atoms with van der Waals surface area (Å²) in [4.78, 5) is 34.4. The molecule has 7 nitrogen and oxygen atoms in total. The Morgan fingerprint density at radius 1 is 1.13 bits per heavy atom. The zero-order valence-electron chi connectivity index (χ0n) is 14.5. The van der Waals surface area contributed by atoms with Crippen molar-refractivity contribution in [3.05, 3.63) is 0 Å². The van der Waals surface area contributed by atoms with Crippen LogP contribution in [0.4, 0.5) is 0 Å². The minimum Gasteiger partial charge on any atom is -0.468 e. The number of nitrogens with two attached hydrogens (primary N) is 1. The fourth-order valence-corrected chi connectivity index (χ4v) is 2.19. The molecule has 0 aromatic heterocycles. The number of amides is 2. The van der Waals surface area contributed by atoms with E-state index < -0.39 is 24.0 Å². The number of primary amides is 1. The van der Waals surface area contributed by atoms with E-state index in [4.69, 9.17) is 5.73 Å². The Morgan fingerprint density at radius 3 is 2.35 bits per heavy atom. The quantitative estimate of drug-likeness (QED) is 0.343. The first kappa shape index (κ1) is 21.4. The molecule has 0 aromatic carbocycles. The van der Waals surface area contributed by atoms with Crippen molar-refractivity contribution in [3.8, 4) is 0 Å². The van der Waals surface area contributed by atoms with Crippen molar-refractivity contribution in [2.24, 2.45) is 5.73 Å². The molecule has 0 fully saturated rings. The number of methoxy groups -OCH3 is 1. The Bertz CT molecular complexity index is 374. The van der Waals surface area contributed by atoms with Crippen LogP contribution in [0, 0.1) is 0 Å². The Morgan fingerprint density at radius 2 is 1.78 bits per heavy atom. The molecule has 0 aliphatic carbocycles. The second-order valence-electron chi connectivity index (χ2n) is 5.75. The van der Waals surface area contributed by atoms with Gasteiger partial charge in [-0.15, -0.1) is 0 Å². The van der Waals surface area contributed by atoms with E-state index in [2.05, 4.69) is 22.3 Å². The zero-order chi connectivity index (χ0) is 17.7. The highest BCUT2D eigenvalue weighted by atomic mass is 16.5. The first-order chi connectivity index (χ1) is 10.9. The second kappa shape index (κ2) is 12.9. The van der Waals surface area contributed by atoms with Crippen molar-refractivity contribution in [1.82, 2.24) is 10.6 Å². The molecule has 2 amide bonds. The van der Waals surface area contributed by atoms with Crippen molar-refractivity contribution < 1.29 is 19.1 Å². The van der Waals surface area contributed by atoms with Crippen LogP contribution in [0.25, 0.3) is 0 Å². The molecule has 0 aliphatic heterocycles. The summed E-state index contributed by atoms with van der Waals surface area (Å²) in [6.07, 6.45) is 5.80. The molecular weight excluding hydrogens is 298 g/mol. The largest absolute Gasteiger partial charge is 0.468 e. The zero-order valence-corrected chi connectivity index (χ0v) is 14.5. The average Bonchev–Trinajstić information content (AvgIpc) is 2.50. The van der Waals surface area contributed by atoms with Crippen LogP contribution in [0.2, 0.25) is 0 Å². The predicted molar refractivity (Wildman–Crippen MR) is 88.6 cm³/mol. The van der Waals surface area contributed by atoms with E-state index in [0.29, 0.717) is 6.42 Å². The van der Waals surface area contributed by atoms with Gasteiger partial charge >= 0.3 is 5.97 Å². The van der Waals surface area contributed by atoms with Gasteiger partial charge in [0.25, 0.3) is 0 Å². The average molecular weight is 329 g/mol. The monoisotopic (exact) mass is 329 g/mol. The highest BCUT2D eigenvalue weighted by Gasteiger charge is 2.18. The smallest absolute Gasteiger partial charge is 0.322 e. The number of carbonyl (C=O) groups is 3. The van der Waals surface area contributed by atoms with Crippen LogP contribution in [-0.4, -0.2) is 43.5 Å². The lowest BCUT2D eigenvalue weighted by molar-refractivity contribution is -0.142. The Balaban J connectivity index is 4.19. The minimum atomic E-state index is -0.513. The molecule has 4 N–H and O–H groups in total. The standard InChI is InChI=1S/C16H31N3O4/c1-4-5-6-7-8-9-15(21)19-13(10-14(17)20)11-18-12(2)16(22)23-3/h12-13,18H,4-11H2,1-3H3,(H2,17,20)(H,19,21)/t12-,13?/m0/s1. The summed E-state index contributed by atoms with van der Waals surface area (Å²) in [5.41, 5.74) is 5.21. The Hall–Kier alpha value is -1.63. The van der Waals surface area contributed by atoms with Gasteiger partial charge in [-0.3, -0.25) is 14.4 Å². The normalized spacial score (nSPS) is 13.2. The van der Waals surface area contributed by atoms with Gasteiger partial charge in [0.05, 0.1) is 13.2 Å². The van der Waals surface area contributed by atoms with E-state index in [1.54, 1.807) is 6.92 Å². The van der Waals surface area contributed by atoms with Crippen LogP contribution >= 0.6 is 0 Å². The van der Waals surface area contributed by atoms with Crippen molar-refractivity contribution in [2.75, 3.05) is 13.7 Å². The molecule has 0 aliphatic rings. The van der Waals surface area contributed by atoms with Gasteiger partial charge in [0, 0.05) is 19.4 Å². The molecule has 0 bridgehead atoms. The number of carbonyl (C=O) groups excluding carboxylic acids is 3. The van der Waals surface area contributed by atoms with Gasteiger partial charge in [0.1, 0.15) is 6.04 Å². The highest BCUT2D eigenvalue weighted by molar-refractivity contribution is 5.79. The Labute approximate surface area is 138 Å². The summed E-state index contributed by atoms with van der Waals surface area (Å²) in [6.45, 7) is 4.08. The Kier molecular flexibility index (Phi) is 12.0.